The van der Waals surface area contributed by atoms with Crippen LogP contribution >= 0.6 is 0 Å². The zero-order chi connectivity index (χ0) is 19.0. The van der Waals surface area contributed by atoms with Crippen molar-refractivity contribution in [3.05, 3.63) is 65.4 Å². The largest absolute Gasteiger partial charge is 0.497 e. The molecule has 1 saturated heterocycles. The number of hydrogen-bond donors (Lipinski definition) is 1. The van der Waals surface area contributed by atoms with Crippen molar-refractivity contribution in [2.45, 2.75) is 32.5 Å². The predicted octanol–water partition coefficient (Wildman–Crippen LogP) is 3.39. The fourth-order valence-electron chi connectivity index (χ4n) is 4.12. The van der Waals surface area contributed by atoms with Gasteiger partial charge >= 0.3 is 0 Å². The molecular weight excluding hydrogens is 338 g/mol. The average molecular weight is 363 g/mol. The molecule has 1 amide bonds. The Kier molecular flexibility index (Phi) is 4.62. The summed E-state index contributed by atoms with van der Waals surface area (Å²) in [5.41, 5.74) is 10.2. The number of likely N-dealkylation sites (tertiary alicyclic amines) is 1. The Bertz CT molecular complexity index is 992. The maximum absolute atomic E-state index is 11.5. The number of methoxy groups -OCH3 is 1. The summed E-state index contributed by atoms with van der Waals surface area (Å²) in [6.07, 6.45) is 1.14. The first kappa shape index (κ1) is 17.6. The van der Waals surface area contributed by atoms with E-state index < -0.39 is 0 Å². The average Bonchev–Trinajstić information content (AvgIpc) is 2.90. The lowest BCUT2D eigenvalue weighted by atomic mass is 9.93. The molecule has 2 aromatic carbocycles. The molecule has 0 saturated carbocycles. The topological polar surface area (TPSA) is 60.5 Å². The van der Waals surface area contributed by atoms with Crippen molar-refractivity contribution in [3.63, 3.8) is 0 Å². The van der Waals surface area contributed by atoms with Gasteiger partial charge < -0.3 is 15.0 Å². The van der Waals surface area contributed by atoms with Gasteiger partial charge in [-0.05, 0) is 42.7 Å². The number of hydrogen-bond acceptors (Lipinski definition) is 3. The van der Waals surface area contributed by atoms with E-state index in [9.17, 15) is 4.79 Å². The van der Waals surface area contributed by atoms with Crippen LogP contribution in [-0.4, -0.2) is 29.0 Å². The SMILES string of the molecule is COc1cccc([C@H]2CCN2Cc2c(C)n(CC(N)=O)c3ccccc23)c1. The highest BCUT2D eigenvalue weighted by molar-refractivity contribution is 5.87. The van der Waals surface area contributed by atoms with Gasteiger partial charge in [0.15, 0.2) is 0 Å². The molecule has 27 heavy (non-hydrogen) atoms. The van der Waals surface area contributed by atoms with E-state index in [4.69, 9.17) is 10.5 Å². The van der Waals surface area contributed by atoms with E-state index in [1.165, 1.54) is 16.5 Å². The van der Waals surface area contributed by atoms with Crippen molar-refractivity contribution < 1.29 is 9.53 Å². The molecule has 1 atom stereocenters. The second-order valence-electron chi connectivity index (χ2n) is 7.19. The zero-order valence-electron chi connectivity index (χ0n) is 15.8. The maximum atomic E-state index is 11.5. The van der Waals surface area contributed by atoms with E-state index in [2.05, 4.69) is 48.2 Å². The number of primary amides is 1. The van der Waals surface area contributed by atoms with E-state index in [1.807, 2.05) is 16.7 Å². The molecule has 0 unspecified atom stereocenters. The molecule has 5 nitrogen and oxygen atoms in total. The Morgan fingerprint density at radius 2 is 2.04 bits per heavy atom. The molecule has 4 rings (SSSR count). The molecule has 0 bridgehead atoms. The second kappa shape index (κ2) is 7.08. The lowest BCUT2D eigenvalue weighted by molar-refractivity contribution is -0.118. The Labute approximate surface area is 159 Å². The van der Waals surface area contributed by atoms with Crippen LogP contribution in [0, 0.1) is 6.92 Å². The monoisotopic (exact) mass is 363 g/mol. The number of para-hydroxylation sites is 1. The van der Waals surface area contributed by atoms with E-state index in [0.717, 1.165) is 36.5 Å². The molecule has 1 aliphatic rings. The minimum atomic E-state index is -0.316. The number of amides is 1. The maximum Gasteiger partial charge on any atom is 0.237 e. The summed E-state index contributed by atoms with van der Waals surface area (Å²) in [4.78, 5) is 14.0. The third-order valence-electron chi connectivity index (χ3n) is 5.65. The number of rotatable bonds is 6. The van der Waals surface area contributed by atoms with Gasteiger partial charge in [0.2, 0.25) is 5.91 Å². The van der Waals surface area contributed by atoms with Crippen LogP contribution in [0.4, 0.5) is 0 Å². The van der Waals surface area contributed by atoms with Crippen LogP contribution in [0.3, 0.4) is 0 Å². The first-order chi connectivity index (χ1) is 13.1. The van der Waals surface area contributed by atoms with Crippen LogP contribution < -0.4 is 10.5 Å². The zero-order valence-corrected chi connectivity index (χ0v) is 15.8. The first-order valence-corrected chi connectivity index (χ1v) is 9.31. The van der Waals surface area contributed by atoms with Gasteiger partial charge in [0, 0.05) is 35.7 Å². The molecule has 0 radical (unpaired) electrons. The summed E-state index contributed by atoms with van der Waals surface area (Å²) in [5, 5.41) is 1.20. The van der Waals surface area contributed by atoms with Gasteiger partial charge in [-0.1, -0.05) is 30.3 Å². The Hall–Kier alpha value is -2.79. The molecule has 2 heterocycles. The normalized spacial score (nSPS) is 17.0. The molecule has 3 aromatic rings. The Morgan fingerprint density at radius 3 is 2.74 bits per heavy atom. The molecular formula is C22H25N3O2. The van der Waals surface area contributed by atoms with Gasteiger partial charge in [-0.3, -0.25) is 9.69 Å². The number of benzene rings is 2. The fraction of sp³-hybridized carbons (Fsp3) is 0.318. The van der Waals surface area contributed by atoms with Gasteiger partial charge in [-0.25, -0.2) is 0 Å². The number of nitrogens with two attached hydrogens (primary N) is 1. The smallest absolute Gasteiger partial charge is 0.237 e. The fourth-order valence-corrected chi connectivity index (χ4v) is 4.12. The summed E-state index contributed by atoms with van der Waals surface area (Å²) >= 11 is 0. The number of fused-ring (bicyclic) bond motifs is 1. The molecule has 0 spiro atoms. The highest BCUT2D eigenvalue weighted by Crippen LogP contribution is 2.38. The minimum Gasteiger partial charge on any atom is -0.497 e. The summed E-state index contributed by atoms with van der Waals surface area (Å²) in [5.74, 6) is 0.581. The second-order valence-corrected chi connectivity index (χ2v) is 7.19. The van der Waals surface area contributed by atoms with E-state index in [-0.39, 0.29) is 12.5 Å². The summed E-state index contributed by atoms with van der Waals surface area (Å²) in [7, 11) is 1.70. The van der Waals surface area contributed by atoms with Crippen molar-refractivity contribution in [1.29, 1.82) is 0 Å². The van der Waals surface area contributed by atoms with Crippen LogP contribution in [0.5, 0.6) is 5.75 Å². The number of carbonyl (C=O) groups excluding carboxylic acids is 1. The minimum absolute atomic E-state index is 0.214. The number of carbonyl (C=O) groups is 1. The summed E-state index contributed by atoms with van der Waals surface area (Å²) in [6.45, 7) is 4.22. The van der Waals surface area contributed by atoms with Crippen molar-refractivity contribution in [2.75, 3.05) is 13.7 Å². The number of aromatic nitrogens is 1. The summed E-state index contributed by atoms with van der Waals surface area (Å²) in [6, 6.07) is 17.0. The van der Waals surface area contributed by atoms with Gasteiger partial charge in [0.05, 0.1) is 7.11 Å². The van der Waals surface area contributed by atoms with Crippen molar-refractivity contribution in [1.82, 2.24) is 9.47 Å². The van der Waals surface area contributed by atoms with Crippen molar-refractivity contribution >= 4 is 16.8 Å². The van der Waals surface area contributed by atoms with Gasteiger partial charge in [-0.15, -0.1) is 0 Å². The molecule has 1 aliphatic heterocycles. The van der Waals surface area contributed by atoms with E-state index >= 15 is 0 Å². The van der Waals surface area contributed by atoms with Crippen LogP contribution in [0.25, 0.3) is 10.9 Å². The quantitative estimate of drug-likeness (QED) is 0.730. The van der Waals surface area contributed by atoms with Crippen LogP contribution in [0.15, 0.2) is 48.5 Å². The third-order valence-corrected chi connectivity index (χ3v) is 5.65. The van der Waals surface area contributed by atoms with E-state index in [1.54, 1.807) is 7.11 Å². The van der Waals surface area contributed by atoms with Crippen LogP contribution in [-0.2, 0) is 17.9 Å². The van der Waals surface area contributed by atoms with Gasteiger partial charge in [0.1, 0.15) is 12.3 Å². The molecule has 2 N–H and O–H groups in total. The number of nitrogens with zero attached hydrogens (tertiary/aromatic N) is 2. The molecule has 5 heteroatoms. The highest BCUT2D eigenvalue weighted by Gasteiger charge is 2.31. The first-order valence-electron chi connectivity index (χ1n) is 9.31. The standard InChI is InChI=1S/C22H25N3O2/c1-15-19(18-8-3-4-9-21(18)25(15)14-22(23)26)13-24-11-10-20(24)16-6-5-7-17(12-16)27-2/h3-9,12,20H,10-11,13-14H2,1-2H3,(H2,23,26)/t20-/m1/s1. The van der Waals surface area contributed by atoms with Crippen LogP contribution in [0.2, 0.25) is 0 Å². The lowest BCUT2D eigenvalue weighted by Gasteiger charge is -2.41. The van der Waals surface area contributed by atoms with Crippen molar-refractivity contribution in [2.24, 2.45) is 5.73 Å². The van der Waals surface area contributed by atoms with E-state index in [0.29, 0.717) is 6.04 Å². The number of ether oxygens (including phenoxy) is 1. The molecule has 1 aromatic heterocycles. The Morgan fingerprint density at radius 1 is 1.22 bits per heavy atom. The van der Waals surface area contributed by atoms with Crippen molar-refractivity contribution in [3.8, 4) is 5.75 Å². The molecule has 0 aliphatic carbocycles. The molecule has 1 fully saturated rings. The molecule has 140 valence electrons. The predicted molar refractivity (Wildman–Crippen MR) is 107 cm³/mol. The van der Waals surface area contributed by atoms with Crippen LogP contribution in [0.1, 0.15) is 29.3 Å². The third kappa shape index (κ3) is 3.19. The summed E-state index contributed by atoms with van der Waals surface area (Å²) < 4.78 is 7.41. The van der Waals surface area contributed by atoms with Gasteiger partial charge in [-0.2, -0.15) is 0 Å². The highest BCUT2D eigenvalue weighted by atomic mass is 16.5. The van der Waals surface area contributed by atoms with Gasteiger partial charge in [0.25, 0.3) is 0 Å². The lowest BCUT2D eigenvalue weighted by Crippen LogP contribution is -2.40. The Balaban J connectivity index is 1.65.